The number of likely N-dealkylation sites (tertiary alicyclic amines) is 1. The van der Waals surface area contributed by atoms with Gasteiger partial charge in [-0.15, -0.1) is 0 Å². The van der Waals surface area contributed by atoms with Crippen LogP contribution in [0.2, 0.25) is 0 Å². The molecule has 2 aliphatic rings. The summed E-state index contributed by atoms with van der Waals surface area (Å²) in [5, 5.41) is 15.2. The number of ether oxygens (including phenoxy) is 3. The quantitative estimate of drug-likeness (QED) is 0.0331. The molecule has 2 aliphatic heterocycles. The van der Waals surface area contributed by atoms with Gasteiger partial charge in [0, 0.05) is 127 Å². The van der Waals surface area contributed by atoms with Gasteiger partial charge < -0.3 is 59.3 Å². The second-order valence-electron chi connectivity index (χ2n) is 33.2. The number of halogens is 6. The maximum atomic E-state index is 14.6. The molecule has 0 aliphatic carbocycles. The van der Waals surface area contributed by atoms with Crippen LogP contribution in [0.5, 0.6) is 11.5 Å². The SMILES string of the molecule is CCN(CC)CCOc1ccc(Nc2cc3c(cn2)cc(-c2ccccc2)c(=O)n3-c2cccnc2)nc1.CCN(CC)CCOc1ccc(Nc2cc3c(cn2)cc(-c2ccccc2)c(=O)n3-c2ccncc2)nc1.CN1CCC(n2c(=O)c(-c3c(F)cccc3F)cc3cnc(Nc4ccc(F)cn4)cc32)C1.O=c1c(-c2c(F)cccc2F)cc2cnc(Nc3ccc(F)cn3)cc2n1C1CCOC1. The molecule has 714 valence electrons. The summed E-state index contributed by atoms with van der Waals surface area (Å²) in [6.45, 7) is 17.8. The fraction of sp³-hybridized carbons (Fsp3) is 0.196. The lowest BCUT2D eigenvalue weighted by atomic mass is 10.0. The molecule has 14 aromatic heterocycles. The lowest BCUT2D eigenvalue weighted by Crippen LogP contribution is -2.28. The summed E-state index contributed by atoms with van der Waals surface area (Å²) in [5.41, 5.74) is 4.82. The fourth-order valence-corrected chi connectivity index (χ4v) is 16.9. The fourth-order valence-electron chi connectivity index (χ4n) is 16.9. The molecule has 0 radical (unpaired) electrons. The minimum absolute atomic E-state index is 0.0460. The van der Waals surface area contributed by atoms with E-state index in [0.29, 0.717) is 136 Å². The van der Waals surface area contributed by atoms with Gasteiger partial charge in [-0.3, -0.25) is 38.3 Å². The molecule has 2 saturated heterocycles. The first-order valence-corrected chi connectivity index (χ1v) is 46.0. The van der Waals surface area contributed by atoms with Crippen molar-refractivity contribution >= 4 is 90.2 Å². The number of hydrogen-bond acceptors (Lipinski definition) is 24. The Hall–Kier alpha value is -16.6. The van der Waals surface area contributed by atoms with E-state index in [0.717, 1.165) is 128 Å². The largest absolute Gasteiger partial charge is 0.491 e. The average Bonchev–Trinajstić information content (AvgIpc) is 1.09. The predicted octanol–water partition coefficient (Wildman–Crippen LogP) is 19.7. The number of nitrogens with zero attached hydrogens (tertiary/aromatic N) is 17. The van der Waals surface area contributed by atoms with Crippen molar-refractivity contribution in [1.29, 1.82) is 0 Å². The van der Waals surface area contributed by atoms with Crippen molar-refractivity contribution < 1.29 is 40.6 Å². The molecule has 2 atom stereocenters. The van der Waals surface area contributed by atoms with E-state index in [1.165, 1.54) is 65.5 Å². The maximum absolute atomic E-state index is 14.6. The summed E-state index contributed by atoms with van der Waals surface area (Å²) in [6.07, 6.45) is 20.2. The highest BCUT2D eigenvalue weighted by Crippen LogP contribution is 2.36. The summed E-state index contributed by atoms with van der Waals surface area (Å²) in [6, 6.07) is 59.9. The van der Waals surface area contributed by atoms with Crippen LogP contribution in [-0.4, -0.2) is 169 Å². The van der Waals surface area contributed by atoms with Crippen LogP contribution in [0.4, 0.5) is 72.9 Å². The van der Waals surface area contributed by atoms with E-state index in [4.69, 9.17) is 14.2 Å². The summed E-state index contributed by atoms with van der Waals surface area (Å²) >= 11 is 0. The first kappa shape index (κ1) is 96.1. The molecule has 4 N–H and O–H groups in total. The minimum Gasteiger partial charge on any atom is -0.491 e. The highest BCUT2D eigenvalue weighted by Gasteiger charge is 2.30. The zero-order valence-electron chi connectivity index (χ0n) is 77.5. The van der Waals surface area contributed by atoms with Gasteiger partial charge in [-0.2, -0.15) is 0 Å². The molecule has 2 unspecified atom stereocenters. The molecule has 34 heteroatoms. The number of anilines is 8. The molecular formula is C107H97F6N21O7. The topological polar surface area (TPSA) is 302 Å². The molecule has 28 nitrogen and oxygen atoms in total. The van der Waals surface area contributed by atoms with Gasteiger partial charge >= 0.3 is 0 Å². The van der Waals surface area contributed by atoms with Crippen LogP contribution in [0.3, 0.4) is 0 Å². The van der Waals surface area contributed by atoms with Crippen molar-refractivity contribution in [2.24, 2.45) is 0 Å². The molecule has 20 rings (SSSR count). The van der Waals surface area contributed by atoms with Crippen LogP contribution < -0.4 is 53.0 Å². The van der Waals surface area contributed by atoms with Gasteiger partial charge in [-0.05, 0) is 185 Å². The number of pyridine rings is 14. The van der Waals surface area contributed by atoms with Crippen molar-refractivity contribution in [3.05, 3.63) is 369 Å². The van der Waals surface area contributed by atoms with Crippen LogP contribution in [0, 0.1) is 34.9 Å². The lowest BCUT2D eigenvalue weighted by Gasteiger charge is -2.20. The molecule has 141 heavy (non-hydrogen) atoms. The second kappa shape index (κ2) is 44.7. The van der Waals surface area contributed by atoms with Crippen LogP contribution >= 0.6 is 0 Å². The Balaban J connectivity index is 0.000000130. The van der Waals surface area contributed by atoms with E-state index in [9.17, 15) is 45.5 Å². The third-order valence-electron chi connectivity index (χ3n) is 24.2. The minimum atomic E-state index is -0.815. The monoisotopic (exact) mass is 1900 g/mol. The molecule has 0 saturated carbocycles. The third kappa shape index (κ3) is 22.7. The Kier molecular flexibility index (Phi) is 30.5. The zero-order valence-corrected chi connectivity index (χ0v) is 77.5. The van der Waals surface area contributed by atoms with E-state index in [1.807, 2.05) is 141 Å². The summed E-state index contributed by atoms with van der Waals surface area (Å²) in [5.74, 6) is 1.25. The number of aromatic nitrogens is 14. The maximum Gasteiger partial charge on any atom is 0.263 e. The van der Waals surface area contributed by atoms with Gasteiger partial charge in [0.2, 0.25) is 0 Å². The number of benzene rings is 4. The number of hydrogen-bond donors (Lipinski definition) is 4. The standard InChI is InChI=1S/2C30H30N6O2.C24H20F3N5O.C23H17F3N4O2/c1-3-35(4-2)15-16-38-25-12-13-28(33-21-25)34-29-18-27-23(19-32-29)17-26(22-9-6-5-7-10-22)30(37)36(27)24-11-8-14-31-20-24;1-3-35(4-2)16-17-38-25-10-11-28(33-21-25)34-29-19-27-23(20-32-29)18-26(22-8-6-5-7-9-22)30(37)36(27)24-12-14-31-15-13-24;1-31-8-7-16(13-31)32-20-10-22(30-21-6-5-15(25)12-29-21)28-11-14(20)9-17(24(32)33)23-18(26)3-2-4-19(23)27;24-14-4-5-20(28-11-14)29-21-9-19-13(10-27-21)8-16(22-17(25)2-1-3-18(22)26)23(31)30(19)15-6-7-32-12-15/h5-14,17-21H,3-4,15-16H2,1-2H3,(H,32,33,34);5-15,18-21H,3-4,16-17H2,1-2H3,(H,32,33,34);2-6,9-12,16H,7-8,13H2,1H3,(H,28,29,30);1-5,8-11,15H,6-7,12H2,(H,27,28,29). The number of nitrogens with one attached hydrogen (secondary N) is 4. The van der Waals surface area contributed by atoms with Gasteiger partial charge in [0.1, 0.15) is 106 Å². The van der Waals surface area contributed by atoms with Crippen LogP contribution in [0.1, 0.15) is 52.6 Å². The molecule has 0 amide bonds. The van der Waals surface area contributed by atoms with E-state index in [-0.39, 0.29) is 45.5 Å². The van der Waals surface area contributed by atoms with Gasteiger partial charge in [0.15, 0.2) is 0 Å². The Labute approximate surface area is 805 Å². The van der Waals surface area contributed by atoms with Gasteiger partial charge in [-0.25, -0.2) is 66.2 Å². The summed E-state index contributed by atoms with van der Waals surface area (Å²) in [4.78, 5) is 104. The molecule has 16 heterocycles. The Morgan fingerprint density at radius 2 is 0.766 bits per heavy atom. The Morgan fingerprint density at radius 3 is 1.14 bits per heavy atom. The third-order valence-corrected chi connectivity index (χ3v) is 24.2. The summed E-state index contributed by atoms with van der Waals surface area (Å²) in [7, 11) is 1.96. The van der Waals surface area contributed by atoms with Crippen molar-refractivity contribution in [2.75, 3.05) is 107 Å². The normalized spacial score (nSPS) is 13.5. The van der Waals surface area contributed by atoms with E-state index in [1.54, 1.807) is 75.4 Å². The van der Waals surface area contributed by atoms with Crippen molar-refractivity contribution in [3.8, 4) is 67.4 Å². The number of rotatable bonds is 28. The first-order chi connectivity index (χ1) is 68.7. The van der Waals surface area contributed by atoms with Crippen LogP contribution in [-0.2, 0) is 4.74 Å². The molecule has 18 aromatic rings. The lowest BCUT2D eigenvalue weighted by molar-refractivity contribution is 0.186. The number of likely N-dealkylation sites (N-methyl/N-ethyl adjacent to an activating group) is 3. The van der Waals surface area contributed by atoms with E-state index >= 15 is 0 Å². The van der Waals surface area contributed by atoms with Gasteiger partial charge in [0.25, 0.3) is 22.2 Å². The molecule has 0 bridgehead atoms. The predicted molar refractivity (Wildman–Crippen MR) is 536 cm³/mol. The van der Waals surface area contributed by atoms with Crippen molar-refractivity contribution in [3.63, 3.8) is 0 Å². The van der Waals surface area contributed by atoms with E-state index in [2.05, 4.69) is 114 Å². The smallest absolute Gasteiger partial charge is 0.263 e. The van der Waals surface area contributed by atoms with Crippen LogP contribution in [0.15, 0.2) is 312 Å². The van der Waals surface area contributed by atoms with Crippen molar-refractivity contribution in [2.45, 2.75) is 52.6 Å². The highest BCUT2D eigenvalue weighted by atomic mass is 19.2. The van der Waals surface area contributed by atoms with Gasteiger partial charge in [-0.1, -0.05) is 100 Å². The van der Waals surface area contributed by atoms with Crippen LogP contribution in [0.25, 0.3) is 99.5 Å². The number of fused-ring (bicyclic) bond motifs is 4. The van der Waals surface area contributed by atoms with E-state index < -0.39 is 46.0 Å². The molecule has 4 aromatic carbocycles. The first-order valence-electron chi connectivity index (χ1n) is 46.0. The molecular weight excluding hydrogens is 1810 g/mol. The zero-order chi connectivity index (χ0) is 98.0. The van der Waals surface area contributed by atoms with Crippen molar-refractivity contribution in [1.82, 2.24) is 82.8 Å². The summed E-state index contributed by atoms with van der Waals surface area (Å²) < 4.78 is 108. The Bertz CT molecular complexity index is 7410. The molecule has 0 spiro atoms. The highest BCUT2D eigenvalue weighted by molar-refractivity contribution is 5.91. The Morgan fingerprint density at radius 1 is 0.369 bits per heavy atom. The van der Waals surface area contributed by atoms with Gasteiger partial charge in [0.05, 0.1) is 105 Å². The average molecular weight is 1900 g/mol. The molecule has 2 fully saturated rings. The second-order valence-corrected chi connectivity index (χ2v) is 33.2.